The Balaban J connectivity index is 1.68. The zero-order valence-electron chi connectivity index (χ0n) is 15.9. The number of amides is 1. The highest BCUT2D eigenvalue weighted by Gasteiger charge is 2.33. The zero-order chi connectivity index (χ0) is 21.0. The van der Waals surface area contributed by atoms with Crippen molar-refractivity contribution in [3.8, 4) is 5.69 Å². The molecule has 0 radical (unpaired) electrons. The first-order valence-corrected chi connectivity index (χ1v) is 9.97. The third-order valence-corrected chi connectivity index (χ3v) is 5.25. The molecule has 1 amide bonds. The molecule has 3 rings (SSSR count). The van der Waals surface area contributed by atoms with Crippen molar-refractivity contribution in [2.45, 2.75) is 31.1 Å². The Bertz CT molecular complexity index is 981. The number of halogens is 3. The van der Waals surface area contributed by atoms with Crippen LogP contribution in [0.4, 0.5) is 18.9 Å². The summed E-state index contributed by atoms with van der Waals surface area (Å²) >= 11 is 1.16. The molecule has 0 aliphatic carbocycles. The molecule has 152 valence electrons. The number of para-hydroxylation sites is 1. The molecule has 0 saturated carbocycles. The number of anilines is 1. The van der Waals surface area contributed by atoms with Gasteiger partial charge in [-0.1, -0.05) is 49.9 Å². The van der Waals surface area contributed by atoms with Crippen molar-refractivity contribution in [2.75, 3.05) is 11.1 Å². The number of benzene rings is 2. The molecule has 1 heterocycles. The maximum atomic E-state index is 13.1. The van der Waals surface area contributed by atoms with E-state index in [1.165, 1.54) is 23.8 Å². The molecule has 2 aromatic carbocycles. The van der Waals surface area contributed by atoms with Crippen molar-refractivity contribution >= 4 is 23.4 Å². The highest BCUT2D eigenvalue weighted by Crippen LogP contribution is 2.34. The summed E-state index contributed by atoms with van der Waals surface area (Å²) < 4.78 is 41.0. The second kappa shape index (κ2) is 8.73. The molecule has 0 aliphatic heterocycles. The van der Waals surface area contributed by atoms with Crippen LogP contribution < -0.4 is 5.32 Å². The van der Waals surface area contributed by atoms with Gasteiger partial charge in [0.05, 0.1) is 17.0 Å². The number of rotatable bonds is 6. The second-order valence-electron chi connectivity index (χ2n) is 6.71. The van der Waals surface area contributed by atoms with Gasteiger partial charge in [-0.15, -0.1) is 0 Å². The number of nitrogens with zero attached hydrogens (tertiary/aromatic N) is 2. The Labute approximate surface area is 171 Å². The number of thioether (sulfide) groups is 1. The number of hydrogen-bond acceptors (Lipinski definition) is 3. The molecule has 0 saturated heterocycles. The highest BCUT2D eigenvalue weighted by atomic mass is 32.2. The molecule has 1 aromatic heterocycles. The van der Waals surface area contributed by atoms with Crippen molar-refractivity contribution in [3.05, 3.63) is 72.1 Å². The van der Waals surface area contributed by atoms with E-state index in [0.29, 0.717) is 11.1 Å². The van der Waals surface area contributed by atoms with Crippen molar-refractivity contribution in [1.29, 1.82) is 0 Å². The summed E-state index contributed by atoms with van der Waals surface area (Å²) in [4.78, 5) is 16.5. The van der Waals surface area contributed by atoms with E-state index in [2.05, 4.69) is 24.1 Å². The predicted molar refractivity (Wildman–Crippen MR) is 108 cm³/mol. The van der Waals surface area contributed by atoms with E-state index in [9.17, 15) is 18.0 Å². The van der Waals surface area contributed by atoms with E-state index >= 15 is 0 Å². The van der Waals surface area contributed by atoms with Gasteiger partial charge in [-0.3, -0.25) is 9.36 Å². The van der Waals surface area contributed by atoms with Crippen LogP contribution in [-0.4, -0.2) is 21.2 Å². The predicted octanol–water partition coefficient (Wildman–Crippen LogP) is 5.75. The summed E-state index contributed by atoms with van der Waals surface area (Å²) in [5.74, 6) is -0.173. The number of alkyl halides is 3. The van der Waals surface area contributed by atoms with Crippen LogP contribution >= 0.6 is 11.8 Å². The maximum absolute atomic E-state index is 13.1. The topological polar surface area (TPSA) is 46.9 Å². The molecule has 8 heteroatoms. The van der Waals surface area contributed by atoms with E-state index in [-0.39, 0.29) is 11.4 Å². The Morgan fingerprint density at radius 3 is 2.48 bits per heavy atom. The molecule has 1 N–H and O–H groups in total. The van der Waals surface area contributed by atoms with Crippen molar-refractivity contribution < 1.29 is 18.0 Å². The number of carbonyl (C=O) groups is 1. The normalized spacial score (nSPS) is 11.7. The highest BCUT2D eigenvalue weighted by molar-refractivity contribution is 7.99. The number of hydrogen-bond donors (Lipinski definition) is 1. The smallest absolute Gasteiger partial charge is 0.325 e. The molecule has 0 aliphatic rings. The first-order valence-electron chi connectivity index (χ1n) is 8.98. The van der Waals surface area contributed by atoms with Crippen LogP contribution in [0.15, 0.2) is 66.1 Å². The lowest BCUT2D eigenvalue weighted by molar-refractivity contribution is -0.137. The van der Waals surface area contributed by atoms with Gasteiger partial charge in [-0.25, -0.2) is 4.98 Å². The quantitative estimate of drug-likeness (QED) is 0.518. The number of nitrogens with one attached hydrogen (secondary N) is 1. The SMILES string of the molecule is CC(C)c1ccc(-n2ccnc2SCC(=O)Nc2ccccc2C(F)(F)F)cc1. The molecule has 29 heavy (non-hydrogen) atoms. The molecule has 0 spiro atoms. The summed E-state index contributed by atoms with van der Waals surface area (Å²) in [6.07, 6.45) is -1.13. The second-order valence-corrected chi connectivity index (χ2v) is 7.65. The van der Waals surface area contributed by atoms with E-state index in [0.717, 1.165) is 23.5 Å². The minimum Gasteiger partial charge on any atom is -0.325 e. The molecule has 0 fully saturated rings. The number of aromatic nitrogens is 2. The minimum atomic E-state index is -4.53. The lowest BCUT2D eigenvalue weighted by Crippen LogP contribution is -2.18. The van der Waals surface area contributed by atoms with E-state index in [1.54, 1.807) is 12.4 Å². The van der Waals surface area contributed by atoms with Crippen LogP contribution in [0.2, 0.25) is 0 Å². The zero-order valence-corrected chi connectivity index (χ0v) is 16.7. The molecular formula is C21H20F3N3OS. The molecule has 0 unspecified atom stereocenters. The molecule has 0 bridgehead atoms. The first-order chi connectivity index (χ1) is 13.8. The Morgan fingerprint density at radius 2 is 1.83 bits per heavy atom. The molecule has 0 atom stereocenters. The van der Waals surface area contributed by atoms with Gasteiger partial charge < -0.3 is 5.32 Å². The third-order valence-electron chi connectivity index (χ3n) is 4.28. The van der Waals surface area contributed by atoms with E-state index in [4.69, 9.17) is 0 Å². The summed E-state index contributed by atoms with van der Waals surface area (Å²) in [6, 6.07) is 12.9. The summed E-state index contributed by atoms with van der Waals surface area (Å²) in [7, 11) is 0. The van der Waals surface area contributed by atoms with Gasteiger partial charge >= 0.3 is 6.18 Å². The van der Waals surface area contributed by atoms with E-state index < -0.39 is 17.6 Å². The summed E-state index contributed by atoms with van der Waals surface area (Å²) in [5, 5.41) is 2.93. The van der Waals surface area contributed by atoms with Crippen LogP contribution in [0.25, 0.3) is 5.69 Å². The van der Waals surface area contributed by atoms with Crippen molar-refractivity contribution in [1.82, 2.24) is 9.55 Å². The summed E-state index contributed by atoms with van der Waals surface area (Å²) in [5.41, 5.74) is 0.992. The largest absolute Gasteiger partial charge is 0.418 e. The fourth-order valence-electron chi connectivity index (χ4n) is 2.77. The first kappa shape index (κ1) is 21.0. The fourth-order valence-corrected chi connectivity index (χ4v) is 3.54. The Kier molecular flexibility index (Phi) is 6.32. The van der Waals surface area contributed by atoms with Crippen LogP contribution in [0.3, 0.4) is 0 Å². The van der Waals surface area contributed by atoms with Crippen LogP contribution in [-0.2, 0) is 11.0 Å². The Hall–Kier alpha value is -2.74. The van der Waals surface area contributed by atoms with Gasteiger partial charge in [-0.05, 0) is 35.7 Å². The number of carbonyl (C=O) groups excluding carboxylic acids is 1. The van der Waals surface area contributed by atoms with E-state index in [1.807, 2.05) is 28.8 Å². The van der Waals surface area contributed by atoms with Crippen molar-refractivity contribution in [3.63, 3.8) is 0 Å². The third kappa shape index (κ3) is 5.20. The maximum Gasteiger partial charge on any atom is 0.418 e. The van der Waals surface area contributed by atoms with Crippen LogP contribution in [0.5, 0.6) is 0 Å². The average Bonchev–Trinajstić information content (AvgIpc) is 3.14. The number of imidazole rings is 1. The monoisotopic (exact) mass is 419 g/mol. The van der Waals surface area contributed by atoms with Gasteiger partial charge in [0.15, 0.2) is 5.16 Å². The lowest BCUT2D eigenvalue weighted by Gasteiger charge is -2.13. The summed E-state index contributed by atoms with van der Waals surface area (Å²) in [6.45, 7) is 4.23. The van der Waals surface area contributed by atoms with Crippen molar-refractivity contribution in [2.24, 2.45) is 0 Å². The Morgan fingerprint density at radius 1 is 1.14 bits per heavy atom. The van der Waals surface area contributed by atoms with Gasteiger partial charge in [0, 0.05) is 18.1 Å². The lowest BCUT2D eigenvalue weighted by atomic mass is 10.0. The van der Waals surface area contributed by atoms with Gasteiger partial charge in [0.1, 0.15) is 0 Å². The van der Waals surface area contributed by atoms with Gasteiger partial charge in [-0.2, -0.15) is 13.2 Å². The fraction of sp³-hybridized carbons (Fsp3) is 0.238. The van der Waals surface area contributed by atoms with Gasteiger partial charge in [0.2, 0.25) is 5.91 Å². The van der Waals surface area contributed by atoms with Crippen LogP contribution in [0, 0.1) is 0 Å². The average molecular weight is 419 g/mol. The minimum absolute atomic E-state index is 0.0622. The molecular weight excluding hydrogens is 399 g/mol. The molecule has 3 aromatic rings. The van der Waals surface area contributed by atoms with Crippen LogP contribution in [0.1, 0.15) is 30.9 Å². The standard InChI is InChI=1S/C21H20F3N3OS/c1-14(2)15-7-9-16(10-8-15)27-12-11-25-20(27)29-13-19(28)26-18-6-4-3-5-17(18)21(22,23)24/h3-12,14H,13H2,1-2H3,(H,26,28). The molecule has 4 nitrogen and oxygen atoms in total. The van der Waals surface area contributed by atoms with Gasteiger partial charge in [0.25, 0.3) is 0 Å².